The fraction of sp³-hybridized carbons (Fsp3) is 0.143. The number of amides is 1. The molecule has 0 aliphatic carbocycles. The molecule has 0 saturated carbocycles. The van der Waals surface area contributed by atoms with Gasteiger partial charge in [0.15, 0.2) is 0 Å². The van der Waals surface area contributed by atoms with Gasteiger partial charge in [0.1, 0.15) is 11.9 Å². The van der Waals surface area contributed by atoms with E-state index in [0.29, 0.717) is 0 Å². The van der Waals surface area contributed by atoms with Crippen LogP contribution in [-0.4, -0.2) is 15.5 Å². The van der Waals surface area contributed by atoms with Crippen LogP contribution in [0, 0.1) is 6.92 Å². The lowest BCUT2D eigenvalue weighted by molar-refractivity contribution is -0.117. The Morgan fingerprint density at radius 2 is 1.84 bits per heavy atom. The topological polar surface area (TPSA) is 46.9 Å². The molecule has 0 fully saturated rings. The van der Waals surface area contributed by atoms with Crippen molar-refractivity contribution in [3.8, 4) is 0 Å². The van der Waals surface area contributed by atoms with E-state index in [1.807, 2.05) is 85.4 Å². The van der Waals surface area contributed by atoms with Gasteiger partial charge in [0, 0.05) is 25.5 Å². The molecule has 4 nitrogen and oxygen atoms in total. The maximum absolute atomic E-state index is 12.5. The van der Waals surface area contributed by atoms with Gasteiger partial charge in [0.2, 0.25) is 5.91 Å². The minimum Gasteiger partial charge on any atom is -0.339 e. The van der Waals surface area contributed by atoms with Gasteiger partial charge in [-0.15, -0.1) is 0 Å². The average Bonchev–Trinajstić information content (AvgIpc) is 3.05. The SMILES string of the molecule is Cc1ccccc1/C=C/C(=O)N[C@H](c1ccccc1)c1nccn1C. The summed E-state index contributed by atoms with van der Waals surface area (Å²) in [5.41, 5.74) is 3.16. The number of carbonyl (C=O) groups is 1. The van der Waals surface area contributed by atoms with Crippen molar-refractivity contribution >= 4 is 12.0 Å². The van der Waals surface area contributed by atoms with Crippen LogP contribution >= 0.6 is 0 Å². The minimum absolute atomic E-state index is 0.153. The molecule has 0 aliphatic heterocycles. The third kappa shape index (κ3) is 4.04. The van der Waals surface area contributed by atoms with Crippen molar-refractivity contribution in [2.75, 3.05) is 0 Å². The molecule has 1 atom stereocenters. The van der Waals surface area contributed by atoms with Gasteiger partial charge in [-0.1, -0.05) is 54.6 Å². The zero-order valence-electron chi connectivity index (χ0n) is 14.4. The molecule has 0 spiro atoms. The summed E-state index contributed by atoms with van der Waals surface area (Å²) in [4.78, 5) is 16.9. The fourth-order valence-electron chi connectivity index (χ4n) is 2.73. The summed E-state index contributed by atoms with van der Waals surface area (Å²) in [5.74, 6) is 0.643. The van der Waals surface area contributed by atoms with Gasteiger partial charge >= 0.3 is 0 Å². The van der Waals surface area contributed by atoms with Crippen LogP contribution < -0.4 is 5.32 Å². The van der Waals surface area contributed by atoms with Crippen molar-refractivity contribution in [3.63, 3.8) is 0 Å². The lowest BCUT2D eigenvalue weighted by Crippen LogP contribution is -2.29. The summed E-state index contributed by atoms with van der Waals surface area (Å²) in [6.45, 7) is 2.03. The standard InChI is InChI=1S/C21H21N3O/c1-16-8-6-7-9-17(16)12-13-19(25)23-20(18-10-4-3-5-11-18)21-22-14-15-24(21)2/h3-15,20H,1-2H3,(H,23,25)/b13-12+/t20-/m1/s1. The second kappa shape index (κ2) is 7.62. The molecule has 0 unspecified atom stereocenters. The molecule has 0 bridgehead atoms. The molecule has 3 rings (SSSR count). The van der Waals surface area contributed by atoms with Crippen LogP contribution in [0.1, 0.15) is 28.6 Å². The maximum atomic E-state index is 12.5. The Morgan fingerprint density at radius 1 is 1.12 bits per heavy atom. The molecule has 1 heterocycles. The molecule has 126 valence electrons. The van der Waals surface area contributed by atoms with Crippen molar-refractivity contribution in [1.82, 2.24) is 14.9 Å². The highest BCUT2D eigenvalue weighted by molar-refractivity contribution is 5.92. The van der Waals surface area contributed by atoms with Gasteiger partial charge in [-0.05, 0) is 29.7 Å². The second-order valence-corrected chi connectivity index (χ2v) is 5.94. The normalized spacial score (nSPS) is 12.2. The number of aryl methyl sites for hydroxylation is 2. The van der Waals surface area contributed by atoms with E-state index >= 15 is 0 Å². The molecule has 1 N–H and O–H groups in total. The molecule has 0 radical (unpaired) electrons. The molecular weight excluding hydrogens is 310 g/mol. The van der Waals surface area contributed by atoms with E-state index in [0.717, 1.165) is 22.5 Å². The van der Waals surface area contributed by atoms with E-state index in [1.54, 1.807) is 12.3 Å². The molecule has 0 saturated heterocycles. The Hall–Kier alpha value is -3.14. The van der Waals surface area contributed by atoms with Crippen molar-refractivity contribution < 1.29 is 4.79 Å². The Kier molecular flexibility index (Phi) is 5.09. The minimum atomic E-state index is -0.296. The maximum Gasteiger partial charge on any atom is 0.244 e. The predicted octanol–water partition coefficient (Wildman–Crippen LogP) is 3.65. The number of imidazole rings is 1. The first kappa shape index (κ1) is 16.7. The molecule has 1 aromatic heterocycles. The lowest BCUT2D eigenvalue weighted by Gasteiger charge is -2.18. The van der Waals surface area contributed by atoms with E-state index in [4.69, 9.17) is 0 Å². The Labute approximate surface area is 147 Å². The van der Waals surface area contributed by atoms with Crippen molar-refractivity contribution in [2.45, 2.75) is 13.0 Å². The molecule has 3 aromatic rings. The number of nitrogens with zero attached hydrogens (tertiary/aromatic N) is 2. The third-order valence-electron chi connectivity index (χ3n) is 4.14. The molecule has 1 amide bonds. The van der Waals surface area contributed by atoms with Crippen molar-refractivity contribution in [2.24, 2.45) is 7.05 Å². The van der Waals surface area contributed by atoms with Gasteiger partial charge < -0.3 is 9.88 Å². The third-order valence-corrected chi connectivity index (χ3v) is 4.14. The van der Waals surface area contributed by atoms with Crippen LogP contribution in [0.15, 0.2) is 73.1 Å². The Balaban J connectivity index is 1.82. The fourth-order valence-corrected chi connectivity index (χ4v) is 2.73. The summed E-state index contributed by atoms with van der Waals surface area (Å²) in [7, 11) is 1.92. The van der Waals surface area contributed by atoms with E-state index in [2.05, 4.69) is 10.3 Å². The van der Waals surface area contributed by atoms with Crippen LogP contribution in [0.4, 0.5) is 0 Å². The zero-order valence-corrected chi connectivity index (χ0v) is 14.4. The van der Waals surface area contributed by atoms with Gasteiger partial charge in [-0.25, -0.2) is 4.98 Å². The van der Waals surface area contributed by atoms with Gasteiger partial charge in [0.25, 0.3) is 0 Å². The molecule has 2 aromatic carbocycles. The Morgan fingerprint density at radius 3 is 2.52 bits per heavy atom. The summed E-state index contributed by atoms with van der Waals surface area (Å²) in [5, 5.41) is 3.06. The van der Waals surface area contributed by atoms with Crippen LogP contribution in [-0.2, 0) is 11.8 Å². The average molecular weight is 331 g/mol. The predicted molar refractivity (Wildman–Crippen MR) is 99.8 cm³/mol. The summed E-state index contributed by atoms with van der Waals surface area (Å²) in [6.07, 6.45) is 7.02. The largest absolute Gasteiger partial charge is 0.339 e. The van der Waals surface area contributed by atoms with E-state index < -0.39 is 0 Å². The number of aromatic nitrogens is 2. The highest BCUT2D eigenvalue weighted by atomic mass is 16.1. The van der Waals surface area contributed by atoms with E-state index in [1.165, 1.54) is 0 Å². The number of rotatable bonds is 5. The van der Waals surface area contributed by atoms with Crippen LogP contribution in [0.5, 0.6) is 0 Å². The number of carbonyl (C=O) groups excluding carboxylic acids is 1. The summed E-state index contributed by atoms with van der Waals surface area (Å²) >= 11 is 0. The second-order valence-electron chi connectivity index (χ2n) is 5.94. The summed E-state index contributed by atoms with van der Waals surface area (Å²) in [6, 6.07) is 17.5. The molecular formula is C21H21N3O. The number of nitrogens with one attached hydrogen (secondary N) is 1. The van der Waals surface area contributed by atoms with Crippen LogP contribution in [0.2, 0.25) is 0 Å². The van der Waals surface area contributed by atoms with E-state index in [-0.39, 0.29) is 11.9 Å². The number of hydrogen-bond acceptors (Lipinski definition) is 2. The smallest absolute Gasteiger partial charge is 0.244 e. The first-order valence-electron chi connectivity index (χ1n) is 8.21. The van der Waals surface area contributed by atoms with Gasteiger partial charge in [0.05, 0.1) is 0 Å². The highest BCUT2D eigenvalue weighted by Crippen LogP contribution is 2.20. The van der Waals surface area contributed by atoms with Gasteiger partial charge in [-0.3, -0.25) is 4.79 Å². The number of benzene rings is 2. The van der Waals surface area contributed by atoms with Crippen molar-refractivity contribution in [3.05, 3.63) is 95.6 Å². The molecule has 0 aliphatic rings. The zero-order chi connectivity index (χ0) is 17.6. The van der Waals surface area contributed by atoms with E-state index in [9.17, 15) is 4.79 Å². The molecule has 25 heavy (non-hydrogen) atoms. The quantitative estimate of drug-likeness (QED) is 0.726. The first-order valence-corrected chi connectivity index (χ1v) is 8.21. The lowest BCUT2D eigenvalue weighted by atomic mass is 10.1. The van der Waals surface area contributed by atoms with Crippen LogP contribution in [0.3, 0.4) is 0 Å². The summed E-state index contributed by atoms with van der Waals surface area (Å²) < 4.78 is 1.92. The highest BCUT2D eigenvalue weighted by Gasteiger charge is 2.19. The Bertz CT molecular complexity index is 881. The first-order chi connectivity index (χ1) is 12.1. The van der Waals surface area contributed by atoms with Crippen molar-refractivity contribution in [1.29, 1.82) is 0 Å². The number of hydrogen-bond donors (Lipinski definition) is 1. The monoisotopic (exact) mass is 331 g/mol. The van der Waals surface area contributed by atoms with Crippen LogP contribution in [0.25, 0.3) is 6.08 Å². The van der Waals surface area contributed by atoms with Gasteiger partial charge in [-0.2, -0.15) is 0 Å². The molecule has 4 heteroatoms.